The van der Waals surface area contributed by atoms with Gasteiger partial charge in [0, 0.05) is 35.9 Å². The molecule has 2 aromatic rings. The van der Waals surface area contributed by atoms with Gasteiger partial charge < -0.3 is 24.7 Å². The molecule has 0 saturated heterocycles. The Balaban J connectivity index is 0.00000385. The maximum absolute atomic E-state index is 13.6. The zero-order valence-electron chi connectivity index (χ0n) is 20.1. The van der Waals surface area contributed by atoms with Gasteiger partial charge in [0.05, 0.1) is 12.2 Å². The van der Waals surface area contributed by atoms with E-state index >= 15 is 0 Å². The Bertz CT molecular complexity index is 890. The number of aliphatic hydroxyl groups excluding tert-OH is 2. The third-order valence-corrected chi connectivity index (χ3v) is 6.52. The van der Waals surface area contributed by atoms with Gasteiger partial charge in [0.25, 0.3) is 0 Å². The summed E-state index contributed by atoms with van der Waals surface area (Å²) in [5.74, 6) is -1.32. The van der Waals surface area contributed by atoms with Crippen LogP contribution in [0, 0.1) is 5.82 Å². The number of nitrogens with zero attached hydrogens (tertiary/aromatic N) is 1. The van der Waals surface area contributed by atoms with Crippen molar-refractivity contribution in [1.29, 1.82) is 0 Å². The minimum atomic E-state index is -1.32. The minimum absolute atomic E-state index is 0. The summed E-state index contributed by atoms with van der Waals surface area (Å²) in [5.41, 5.74) is 4.40. The summed E-state index contributed by atoms with van der Waals surface area (Å²) in [6.45, 7) is 4.35. The molecule has 2 N–H and O–H groups in total. The average Bonchev–Trinajstić information content (AvgIpc) is 3.12. The molecular formula is C26H35FNNaO4. The number of aliphatic hydroxyl groups is 2. The summed E-state index contributed by atoms with van der Waals surface area (Å²) in [4.78, 5) is 10.7. The number of carbonyl (C=O) groups excluding carboxylic acids is 1. The first kappa shape index (κ1) is 28.1. The molecule has 1 aliphatic carbocycles. The number of carbonyl (C=O) groups is 1. The van der Waals surface area contributed by atoms with E-state index in [1.165, 1.54) is 37.1 Å². The van der Waals surface area contributed by atoms with Gasteiger partial charge in [-0.15, -0.1) is 0 Å². The van der Waals surface area contributed by atoms with E-state index in [2.05, 4.69) is 24.6 Å². The fourth-order valence-corrected chi connectivity index (χ4v) is 5.05. The monoisotopic (exact) mass is 467 g/mol. The Hall–Kier alpha value is -1.18. The van der Waals surface area contributed by atoms with Gasteiger partial charge in [0.15, 0.2) is 0 Å². The van der Waals surface area contributed by atoms with Crippen molar-refractivity contribution in [1.82, 2.24) is 4.57 Å². The van der Waals surface area contributed by atoms with Gasteiger partial charge in [0.2, 0.25) is 0 Å². The van der Waals surface area contributed by atoms with Gasteiger partial charge in [-0.25, -0.2) is 4.39 Å². The van der Waals surface area contributed by atoms with Gasteiger partial charge in [0.1, 0.15) is 5.82 Å². The molecule has 0 aliphatic heterocycles. The molecule has 0 spiro atoms. The number of benzene rings is 1. The molecule has 1 aromatic heterocycles. The Kier molecular flexibility index (Phi) is 11.1. The second kappa shape index (κ2) is 13.1. The van der Waals surface area contributed by atoms with Gasteiger partial charge in [-0.3, -0.25) is 0 Å². The third-order valence-electron chi connectivity index (χ3n) is 6.52. The van der Waals surface area contributed by atoms with E-state index in [-0.39, 0.29) is 47.7 Å². The fraction of sp³-hybridized carbons (Fsp3) is 0.577. The second-order valence-electron chi connectivity index (χ2n) is 9.43. The molecule has 2 atom stereocenters. The Morgan fingerprint density at radius 1 is 1.12 bits per heavy atom. The number of aromatic nitrogens is 1. The van der Waals surface area contributed by atoms with Crippen molar-refractivity contribution in [2.45, 2.75) is 95.8 Å². The molecule has 7 heteroatoms. The van der Waals surface area contributed by atoms with Crippen molar-refractivity contribution in [3.8, 4) is 11.1 Å². The molecule has 1 aliphatic rings. The first-order valence-electron chi connectivity index (χ1n) is 11.8. The summed E-state index contributed by atoms with van der Waals surface area (Å²) in [5, 5.41) is 31.0. The molecule has 0 unspecified atom stereocenters. The van der Waals surface area contributed by atoms with Crippen LogP contribution < -0.4 is 34.7 Å². The van der Waals surface area contributed by atoms with E-state index in [4.69, 9.17) is 0 Å². The van der Waals surface area contributed by atoms with E-state index < -0.39 is 24.6 Å². The van der Waals surface area contributed by atoms with E-state index in [1.807, 2.05) is 0 Å². The average molecular weight is 468 g/mol. The van der Waals surface area contributed by atoms with Crippen LogP contribution >= 0.6 is 0 Å². The third kappa shape index (κ3) is 7.66. The van der Waals surface area contributed by atoms with Crippen LogP contribution in [0.2, 0.25) is 0 Å². The SMILES string of the molecule is CC(C)c1c(CC[C@@H](O)C[C@@H](O)CC(=O)[O-])c(-c2ccc(F)cc2)cn1C1CCCCC1.[Na+]. The van der Waals surface area contributed by atoms with Crippen molar-refractivity contribution in [3.05, 3.63) is 47.5 Å². The molecule has 176 valence electrons. The first-order chi connectivity index (χ1) is 15.3. The molecule has 1 heterocycles. The number of halogens is 1. The summed E-state index contributed by atoms with van der Waals surface area (Å²) >= 11 is 0. The summed E-state index contributed by atoms with van der Waals surface area (Å²) in [6.07, 6.45) is 6.79. The summed E-state index contributed by atoms with van der Waals surface area (Å²) in [7, 11) is 0. The van der Waals surface area contributed by atoms with Crippen LogP contribution in [0.4, 0.5) is 4.39 Å². The zero-order chi connectivity index (χ0) is 23.3. The molecule has 0 amide bonds. The molecule has 0 radical (unpaired) electrons. The summed E-state index contributed by atoms with van der Waals surface area (Å²) in [6, 6.07) is 6.98. The van der Waals surface area contributed by atoms with E-state index in [0.717, 1.165) is 29.5 Å². The van der Waals surface area contributed by atoms with Crippen LogP contribution in [0.15, 0.2) is 30.5 Å². The van der Waals surface area contributed by atoms with Crippen LogP contribution in [-0.2, 0) is 11.2 Å². The quantitative estimate of drug-likeness (QED) is 0.513. The molecule has 1 saturated carbocycles. The molecule has 33 heavy (non-hydrogen) atoms. The number of carboxylic acids is 1. The number of aliphatic carboxylic acids is 1. The van der Waals surface area contributed by atoms with E-state index in [9.17, 15) is 24.5 Å². The molecule has 0 bridgehead atoms. The first-order valence-corrected chi connectivity index (χ1v) is 11.8. The number of hydrogen-bond acceptors (Lipinski definition) is 4. The van der Waals surface area contributed by atoms with Gasteiger partial charge in [-0.2, -0.15) is 0 Å². The molecule has 5 nitrogen and oxygen atoms in total. The van der Waals surface area contributed by atoms with Gasteiger partial charge in [-0.1, -0.05) is 45.2 Å². The van der Waals surface area contributed by atoms with Gasteiger partial charge in [-0.05, 0) is 61.3 Å². The predicted molar refractivity (Wildman–Crippen MR) is 121 cm³/mol. The van der Waals surface area contributed by atoms with Crippen molar-refractivity contribution in [2.75, 3.05) is 0 Å². The van der Waals surface area contributed by atoms with Crippen LogP contribution in [-0.4, -0.2) is 33.0 Å². The van der Waals surface area contributed by atoms with Crippen LogP contribution in [0.3, 0.4) is 0 Å². The Morgan fingerprint density at radius 3 is 2.33 bits per heavy atom. The zero-order valence-corrected chi connectivity index (χ0v) is 22.1. The standard InChI is InChI=1S/C26H36FNO4.Na/c1-17(2)26-23(13-12-21(29)14-22(30)15-25(31)32)24(18-8-10-19(27)11-9-18)16-28(26)20-6-4-3-5-7-20;/h8-11,16-17,20-22,29-30H,3-7,12-15H2,1-2H3,(H,31,32);/q;+1/p-1/t21-,22-;/m1./s1. The molecule has 3 rings (SSSR count). The Labute approximate surface area is 218 Å². The maximum Gasteiger partial charge on any atom is 1.00 e. The Morgan fingerprint density at radius 2 is 1.76 bits per heavy atom. The molecule has 1 fully saturated rings. The number of rotatable bonds is 10. The minimum Gasteiger partial charge on any atom is -0.550 e. The van der Waals surface area contributed by atoms with Crippen molar-refractivity contribution >= 4 is 5.97 Å². The smallest absolute Gasteiger partial charge is 0.550 e. The largest absolute Gasteiger partial charge is 1.00 e. The predicted octanol–water partition coefficient (Wildman–Crippen LogP) is 1.11. The number of carboxylic acid groups (broad SMARTS) is 1. The van der Waals surface area contributed by atoms with Crippen molar-refractivity contribution in [3.63, 3.8) is 0 Å². The van der Waals surface area contributed by atoms with Crippen LogP contribution in [0.5, 0.6) is 0 Å². The van der Waals surface area contributed by atoms with E-state index in [1.54, 1.807) is 12.1 Å². The fourth-order valence-electron chi connectivity index (χ4n) is 5.05. The number of hydrogen-bond donors (Lipinski definition) is 2. The summed E-state index contributed by atoms with van der Waals surface area (Å²) < 4.78 is 16.0. The van der Waals surface area contributed by atoms with Crippen LogP contribution in [0.1, 0.15) is 88.4 Å². The maximum atomic E-state index is 13.6. The molecular weight excluding hydrogens is 432 g/mol. The van der Waals surface area contributed by atoms with Crippen molar-refractivity contribution in [2.24, 2.45) is 0 Å². The topological polar surface area (TPSA) is 85.5 Å². The van der Waals surface area contributed by atoms with Crippen molar-refractivity contribution < 1.29 is 54.1 Å². The normalized spacial score (nSPS) is 16.4. The van der Waals surface area contributed by atoms with Gasteiger partial charge >= 0.3 is 29.6 Å². The van der Waals surface area contributed by atoms with E-state index in [0.29, 0.717) is 18.9 Å². The molecule has 1 aromatic carbocycles. The van der Waals surface area contributed by atoms with Crippen LogP contribution in [0.25, 0.3) is 11.1 Å². The second-order valence-corrected chi connectivity index (χ2v) is 9.43.